The molecule has 4 aliphatic rings. The van der Waals surface area contributed by atoms with Crippen molar-refractivity contribution in [1.82, 2.24) is 0 Å². The number of Topliss-reactive ketones (excluding diaryl/α,β-unsaturated/α-hetero) is 1. The van der Waals surface area contributed by atoms with Crippen molar-refractivity contribution in [1.29, 1.82) is 0 Å². The zero-order valence-corrected chi connectivity index (χ0v) is 13.9. The Bertz CT molecular complexity index is 506. The second kappa shape index (κ2) is 5.22. The first-order chi connectivity index (χ1) is 10.1. The Labute approximate surface area is 132 Å². The molecule has 0 saturated heterocycles. The fraction of sp³-hybridized carbons (Fsp3) is 0.737. The third kappa shape index (κ3) is 2.72. The molecule has 2 heteroatoms. The molecule has 21 heavy (non-hydrogen) atoms. The first-order valence-corrected chi connectivity index (χ1v) is 9.55. The van der Waals surface area contributed by atoms with Crippen LogP contribution >= 0.6 is 11.3 Å². The lowest BCUT2D eigenvalue weighted by molar-refractivity contribution is -0.126. The van der Waals surface area contributed by atoms with Gasteiger partial charge in [-0.05, 0) is 80.2 Å². The molecule has 1 nitrogen and oxygen atoms in total. The van der Waals surface area contributed by atoms with E-state index in [4.69, 9.17) is 0 Å². The van der Waals surface area contributed by atoms with Gasteiger partial charge in [-0.2, -0.15) is 0 Å². The van der Waals surface area contributed by atoms with Gasteiger partial charge in [0.1, 0.15) is 5.78 Å². The maximum atomic E-state index is 12.6. The van der Waals surface area contributed by atoms with Crippen molar-refractivity contribution in [3.63, 3.8) is 0 Å². The third-order valence-electron chi connectivity index (χ3n) is 6.17. The summed E-state index contributed by atoms with van der Waals surface area (Å²) in [6.45, 7) is 2.19. The molecule has 0 aliphatic heterocycles. The van der Waals surface area contributed by atoms with Gasteiger partial charge in [-0.15, -0.1) is 11.3 Å². The second-order valence-electron chi connectivity index (χ2n) is 8.03. The predicted octanol–water partition coefficient (Wildman–Crippen LogP) is 5.03. The molecule has 114 valence electrons. The van der Waals surface area contributed by atoms with Gasteiger partial charge in [-0.1, -0.05) is 6.92 Å². The van der Waals surface area contributed by atoms with Crippen molar-refractivity contribution in [2.75, 3.05) is 0 Å². The Morgan fingerprint density at radius 2 is 1.67 bits per heavy atom. The SMILES string of the molecule is CCc1ccc(CC(=O)CC23CC4CC(CC(C4)C2)C3)s1. The van der Waals surface area contributed by atoms with E-state index in [1.165, 1.54) is 48.3 Å². The van der Waals surface area contributed by atoms with E-state index in [-0.39, 0.29) is 0 Å². The number of aryl methyl sites for hydroxylation is 1. The molecule has 0 unspecified atom stereocenters. The second-order valence-corrected chi connectivity index (χ2v) is 9.28. The molecule has 0 atom stereocenters. The zero-order valence-electron chi connectivity index (χ0n) is 13.1. The molecular formula is C19H26OS. The summed E-state index contributed by atoms with van der Waals surface area (Å²) >= 11 is 1.83. The quantitative estimate of drug-likeness (QED) is 0.745. The molecule has 4 aliphatic carbocycles. The van der Waals surface area contributed by atoms with Crippen molar-refractivity contribution in [3.8, 4) is 0 Å². The summed E-state index contributed by atoms with van der Waals surface area (Å²) in [5.41, 5.74) is 0.413. The summed E-state index contributed by atoms with van der Waals surface area (Å²) < 4.78 is 0. The molecule has 0 aromatic carbocycles. The number of ketones is 1. The number of thiophene rings is 1. The first-order valence-electron chi connectivity index (χ1n) is 8.73. The van der Waals surface area contributed by atoms with Crippen LogP contribution in [0.4, 0.5) is 0 Å². The third-order valence-corrected chi connectivity index (χ3v) is 7.40. The normalized spacial score (nSPS) is 37.1. The molecule has 1 heterocycles. The lowest BCUT2D eigenvalue weighted by atomic mass is 9.48. The van der Waals surface area contributed by atoms with Gasteiger partial charge in [0, 0.05) is 22.6 Å². The summed E-state index contributed by atoms with van der Waals surface area (Å²) in [5, 5.41) is 0. The average Bonchev–Trinajstić information content (AvgIpc) is 2.83. The number of carbonyl (C=O) groups is 1. The molecule has 5 rings (SSSR count). The van der Waals surface area contributed by atoms with E-state index in [0.717, 1.165) is 30.6 Å². The topological polar surface area (TPSA) is 17.1 Å². The van der Waals surface area contributed by atoms with E-state index >= 15 is 0 Å². The van der Waals surface area contributed by atoms with Crippen LogP contribution in [0.2, 0.25) is 0 Å². The van der Waals surface area contributed by atoms with Crippen molar-refractivity contribution >= 4 is 17.1 Å². The Morgan fingerprint density at radius 1 is 1.10 bits per heavy atom. The first kappa shape index (κ1) is 14.0. The smallest absolute Gasteiger partial charge is 0.138 e. The number of hydrogen-bond donors (Lipinski definition) is 0. The highest BCUT2D eigenvalue weighted by Gasteiger charge is 2.51. The van der Waals surface area contributed by atoms with Crippen molar-refractivity contribution in [2.24, 2.45) is 23.2 Å². The Hall–Kier alpha value is -0.630. The van der Waals surface area contributed by atoms with Crippen LogP contribution in [-0.4, -0.2) is 5.78 Å². The predicted molar refractivity (Wildman–Crippen MR) is 87.6 cm³/mol. The van der Waals surface area contributed by atoms with Crippen molar-refractivity contribution in [2.45, 2.75) is 64.7 Å². The molecule has 0 spiro atoms. The molecule has 0 amide bonds. The fourth-order valence-electron chi connectivity index (χ4n) is 5.89. The standard InChI is InChI=1S/C19H26OS/c1-2-17-3-4-18(21-17)8-16(20)12-19-9-13-5-14(10-19)7-15(6-13)11-19/h3-4,13-15H,2,5-12H2,1H3. The summed E-state index contributed by atoms with van der Waals surface area (Å²) in [6.07, 6.45) is 11.1. The zero-order chi connectivity index (χ0) is 14.4. The van der Waals surface area contributed by atoms with E-state index < -0.39 is 0 Å². The maximum absolute atomic E-state index is 12.6. The van der Waals surface area contributed by atoms with Crippen molar-refractivity contribution in [3.05, 3.63) is 21.9 Å². The van der Waals surface area contributed by atoms with E-state index in [9.17, 15) is 4.79 Å². The highest BCUT2D eigenvalue weighted by Crippen LogP contribution is 2.61. The minimum atomic E-state index is 0.413. The Morgan fingerprint density at radius 3 is 2.19 bits per heavy atom. The van der Waals surface area contributed by atoms with Gasteiger partial charge in [0.05, 0.1) is 0 Å². The number of rotatable bonds is 5. The van der Waals surface area contributed by atoms with Gasteiger partial charge >= 0.3 is 0 Å². The Balaban J connectivity index is 1.42. The minimum Gasteiger partial charge on any atom is -0.299 e. The molecule has 4 bridgehead atoms. The van der Waals surface area contributed by atoms with E-state index in [2.05, 4.69) is 19.1 Å². The fourth-order valence-corrected chi connectivity index (χ4v) is 6.88. The van der Waals surface area contributed by atoms with Crippen LogP contribution in [0.1, 0.15) is 61.6 Å². The van der Waals surface area contributed by atoms with Crippen LogP contribution in [0.5, 0.6) is 0 Å². The number of carbonyl (C=O) groups excluding carboxylic acids is 1. The average molecular weight is 302 g/mol. The maximum Gasteiger partial charge on any atom is 0.138 e. The molecule has 1 aromatic heterocycles. The highest BCUT2D eigenvalue weighted by molar-refractivity contribution is 7.12. The van der Waals surface area contributed by atoms with Crippen molar-refractivity contribution < 1.29 is 4.79 Å². The van der Waals surface area contributed by atoms with Gasteiger partial charge < -0.3 is 0 Å². The molecule has 1 aromatic rings. The largest absolute Gasteiger partial charge is 0.299 e. The highest BCUT2D eigenvalue weighted by atomic mass is 32.1. The summed E-state index contributed by atoms with van der Waals surface area (Å²) in [4.78, 5) is 15.3. The monoisotopic (exact) mass is 302 g/mol. The van der Waals surface area contributed by atoms with Crippen LogP contribution in [0.3, 0.4) is 0 Å². The minimum absolute atomic E-state index is 0.413. The van der Waals surface area contributed by atoms with Crippen LogP contribution in [-0.2, 0) is 17.6 Å². The van der Waals surface area contributed by atoms with E-state index in [1.807, 2.05) is 11.3 Å². The van der Waals surface area contributed by atoms with Crippen LogP contribution < -0.4 is 0 Å². The lowest BCUT2D eigenvalue weighted by Crippen LogP contribution is -2.47. The molecule has 0 radical (unpaired) electrons. The van der Waals surface area contributed by atoms with Gasteiger partial charge in [0.15, 0.2) is 0 Å². The van der Waals surface area contributed by atoms with Gasteiger partial charge in [-0.25, -0.2) is 0 Å². The molecule has 0 N–H and O–H groups in total. The summed E-state index contributed by atoms with van der Waals surface area (Å²) in [7, 11) is 0. The van der Waals surface area contributed by atoms with Gasteiger partial charge in [0.25, 0.3) is 0 Å². The van der Waals surface area contributed by atoms with Crippen LogP contribution in [0, 0.1) is 23.2 Å². The van der Waals surface area contributed by atoms with Gasteiger partial charge in [0.2, 0.25) is 0 Å². The van der Waals surface area contributed by atoms with Crippen LogP contribution in [0.25, 0.3) is 0 Å². The number of hydrogen-bond acceptors (Lipinski definition) is 2. The lowest BCUT2D eigenvalue weighted by Gasteiger charge is -2.56. The summed E-state index contributed by atoms with van der Waals surface area (Å²) in [6, 6.07) is 4.36. The summed E-state index contributed by atoms with van der Waals surface area (Å²) in [5.74, 6) is 3.37. The molecular weight excluding hydrogens is 276 g/mol. The van der Waals surface area contributed by atoms with E-state index in [0.29, 0.717) is 17.6 Å². The van der Waals surface area contributed by atoms with E-state index in [1.54, 1.807) is 0 Å². The van der Waals surface area contributed by atoms with Gasteiger partial charge in [-0.3, -0.25) is 4.79 Å². The Kier molecular flexibility index (Phi) is 3.48. The molecule has 4 saturated carbocycles. The van der Waals surface area contributed by atoms with Crippen LogP contribution in [0.15, 0.2) is 12.1 Å². The molecule has 4 fully saturated rings.